The molecular weight excluding hydrogens is 264 g/mol. The van der Waals surface area contributed by atoms with Crippen molar-refractivity contribution in [1.82, 2.24) is 4.90 Å². The maximum Gasteiger partial charge on any atom is 0.241 e. The molecule has 0 saturated carbocycles. The van der Waals surface area contributed by atoms with Crippen LogP contribution in [0.25, 0.3) is 0 Å². The molecule has 4 nitrogen and oxygen atoms in total. The first-order valence-corrected chi connectivity index (χ1v) is 7.71. The zero-order valence-corrected chi connectivity index (χ0v) is 13.5. The van der Waals surface area contributed by atoms with E-state index in [2.05, 4.69) is 17.1 Å². The van der Waals surface area contributed by atoms with Gasteiger partial charge in [0.05, 0.1) is 18.8 Å². The molecule has 116 valence electrons. The van der Waals surface area contributed by atoms with Crippen molar-refractivity contribution in [3.63, 3.8) is 0 Å². The summed E-state index contributed by atoms with van der Waals surface area (Å²) in [7, 11) is 1.62. The summed E-state index contributed by atoms with van der Waals surface area (Å²) in [4.78, 5) is 14.7. The van der Waals surface area contributed by atoms with E-state index >= 15 is 0 Å². The molecule has 1 N–H and O–H groups in total. The van der Waals surface area contributed by atoms with E-state index < -0.39 is 0 Å². The minimum absolute atomic E-state index is 0.0356. The maximum atomic E-state index is 12.5. The molecule has 1 aliphatic rings. The summed E-state index contributed by atoms with van der Waals surface area (Å²) in [5, 5.41) is 3.00. The van der Waals surface area contributed by atoms with Gasteiger partial charge in [0.1, 0.15) is 5.75 Å². The van der Waals surface area contributed by atoms with Crippen molar-refractivity contribution < 1.29 is 9.53 Å². The Morgan fingerprint density at radius 3 is 2.67 bits per heavy atom. The van der Waals surface area contributed by atoms with E-state index in [0.29, 0.717) is 5.75 Å². The number of rotatable bonds is 4. The second kappa shape index (κ2) is 6.94. The van der Waals surface area contributed by atoms with Crippen LogP contribution >= 0.6 is 0 Å². The number of hydrogen-bond donors (Lipinski definition) is 1. The molecule has 4 heteroatoms. The first kappa shape index (κ1) is 15.8. The van der Waals surface area contributed by atoms with Crippen molar-refractivity contribution in [2.45, 2.75) is 39.7 Å². The zero-order valence-electron chi connectivity index (χ0n) is 13.5. The van der Waals surface area contributed by atoms with E-state index in [4.69, 9.17) is 4.74 Å². The Bertz CT molecular complexity index is 494. The molecule has 0 unspecified atom stereocenters. The van der Waals surface area contributed by atoms with Gasteiger partial charge in [-0.05, 0) is 63.4 Å². The summed E-state index contributed by atoms with van der Waals surface area (Å²) in [6.45, 7) is 8.26. The van der Waals surface area contributed by atoms with Gasteiger partial charge >= 0.3 is 0 Å². The first-order valence-electron chi connectivity index (χ1n) is 7.71. The van der Waals surface area contributed by atoms with Crippen LogP contribution in [0.5, 0.6) is 5.75 Å². The quantitative estimate of drug-likeness (QED) is 0.926. The number of aryl methyl sites for hydroxylation is 1. The number of amides is 1. The number of anilines is 1. The number of ether oxygens (including phenoxy) is 1. The second-order valence-electron chi connectivity index (χ2n) is 6.09. The minimum atomic E-state index is -0.109. The Hall–Kier alpha value is -1.55. The molecule has 1 heterocycles. The lowest BCUT2D eigenvalue weighted by Crippen LogP contribution is -2.45. The van der Waals surface area contributed by atoms with Crippen molar-refractivity contribution in [2.75, 3.05) is 25.5 Å². The number of likely N-dealkylation sites (tertiary alicyclic amines) is 1. The molecule has 0 aliphatic carbocycles. The molecule has 1 atom stereocenters. The molecule has 1 saturated heterocycles. The normalized spacial score (nSPS) is 18.3. The molecule has 21 heavy (non-hydrogen) atoms. The number of carbonyl (C=O) groups is 1. The third-order valence-corrected chi connectivity index (χ3v) is 4.36. The van der Waals surface area contributed by atoms with Crippen molar-refractivity contribution in [1.29, 1.82) is 0 Å². The monoisotopic (exact) mass is 290 g/mol. The smallest absolute Gasteiger partial charge is 0.241 e. The number of hydrogen-bond acceptors (Lipinski definition) is 3. The highest BCUT2D eigenvalue weighted by atomic mass is 16.5. The largest absolute Gasteiger partial charge is 0.495 e. The average Bonchev–Trinajstić information content (AvgIpc) is 2.47. The minimum Gasteiger partial charge on any atom is -0.495 e. The molecule has 2 rings (SSSR count). The fourth-order valence-electron chi connectivity index (χ4n) is 2.74. The lowest BCUT2D eigenvalue weighted by Gasteiger charge is -2.34. The Kier molecular flexibility index (Phi) is 5.23. The molecule has 1 aromatic rings. The summed E-state index contributed by atoms with van der Waals surface area (Å²) in [5.74, 6) is 1.51. The highest BCUT2D eigenvalue weighted by molar-refractivity contribution is 5.95. The van der Waals surface area contributed by atoms with Gasteiger partial charge in [-0.15, -0.1) is 0 Å². The lowest BCUT2D eigenvalue weighted by molar-refractivity contribution is -0.121. The Morgan fingerprint density at radius 2 is 2.05 bits per heavy atom. The van der Waals surface area contributed by atoms with Crippen LogP contribution in [0.15, 0.2) is 18.2 Å². The molecule has 0 bridgehead atoms. The maximum absolute atomic E-state index is 12.5. The average molecular weight is 290 g/mol. The van der Waals surface area contributed by atoms with Crippen LogP contribution in [0.3, 0.4) is 0 Å². The van der Waals surface area contributed by atoms with Gasteiger partial charge in [0.25, 0.3) is 0 Å². The lowest BCUT2D eigenvalue weighted by atomic mass is 9.98. The topological polar surface area (TPSA) is 41.6 Å². The Labute approximate surface area is 127 Å². The third kappa shape index (κ3) is 3.97. The predicted octanol–water partition coefficient (Wildman–Crippen LogP) is 3.06. The highest BCUT2D eigenvalue weighted by Gasteiger charge is 2.25. The molecular formula is C17H26N2O2. The van der Waals surface area contributed by atoms with Gasteiger partial charge in [-0.2, -0.15) is 0 Å². The number of carbonyl (C=O) groups excluding carboxylic acids is 1. The number of piperidine rings is 1. The highest BCUT2D eigenvalue weighted by Crippen LogP contribution is 2.26. The van der Waals surface area contributed by atoms with Gasteiger partial charge in [0.2, 0.25) is 5.91 Å². The van der Waals surface area contributed by atoms with Crippen molar-refractivity contribution in [2.24, 2.45) is 5.92 Å². The van der Waals surface area contributed by atoms with Crippen LogP contribution in [0.2, 0.25) is 0 Å². The fourth-order valence-corrected chi connectivity index (χ4v) is 2.74. The standard InChI is InChI=1S/C17H26N2O2/c1-12-7-9-19(10-8-12)14(3)17(20)18-15-11-13(2)5-6-16(15)21-4/h5-6,11-12,14H,7-10H2,1-4H3,(H,18,20)/t14-/m0/s1. The van der Waals surface area contributed by atoms with Gasteiger partial charge in [-0.25, -0.2) is 0 Å². The van der Waals surface area contributed by atoms with Crippen LogP contribution in [0.4, 0.5) is 5.69 Å². The fraction of sp³-hybridized carbons (Fsp3) is 0.588. The van der Waals surface area contributed by atoms with E-state index in [0.717, 1.165) is 30.3 Å². The van der Waals surface area contributed by atoms with Crippen LogP contribution in [0, 0.1) is 12.8 Å². The number of nitrogens with one attached hydrogen (secondary N) is 1. The first-order chi connectivity index (χ1) is 10.0. The third-order valence-electron chi connectivity index (χ3n) is 4.36. The Morgan fingerprint density at radius 1 is 1.38 bits per heavy atom. The van der Waals surface area contributed by atoms with Crippen LogP contribution in [0.1, 0.15) is 32.3 Å². The molecule has 1 amide bonds. The predicted molar refractivity (Wildman–Crippen MR) is 85.8 cm³/mol. The summed E-state index contributed by atoms with van der Waals surface area (Å²) < 4.78 is 5.31. The van der Waals surface area contributed by atoms with Gasteiger partial charge in [-0.3, -0.25) is 9.69 Å². The number of methoxy groups -OCH3 is 1. The molecule has 0 aromatic heterocycles. The van der Waals surface area contributed by atoms with Crippen LogP contribution in [-0.2, 0) is 4.79 Å². The number of benzene rings is 1. The molecule has 1 aromatic carbocycles. The van der Waals surface area contributed by atoms with Gasteiger partial charge in [-0.1, -0.05) is 13.0 Å². The zero-order chi connectivity index (χ0) is 15.4. The molecule has 1 fully saturated rings. The van der Waals surface area contributed by atoms with Gasteiger partial charge < -0.3 is 10.1 Å². The van der Waals surface area contributed by atoms with E-state index in [1.165, 1.54) is 12.8 Å². The van der Waals surface area contributed by atoms with Gasteiger partial charge in [0.15, 0.2) is 0 Å². The second-order valence-corrected chi connectivity index (χ2v) is 6.09. The summed E-state index contributed by atoms with van der Waals surface area (Å²) >= 11 is 0. The SMILES string of the molecule is COc1ccc(C)cc1NC(=O)[C@H](C)N1CCC(C)CC1. The van der Waals surface area contributed by atoms with Crippen LogP contribution in [-0.4, -0.2) is 37.0 Å². The molecule has 0 spiro atoms. The van der Waals surface area contributed by atoms with Crippen molar-refractivity contribution in [3.8, 4) is 5.75 Å². The van der Waals surface area contributed by atoms with Crippen molar-refractivity contribution in [3.05, 3.63) is 23.8 Å². The molecule has 1 aliphatic heterocycles. The van der Waals surface area contributed by atoms with Gasteiger partial charge in [0, 0.05) is 0 Å². The summed E-state index contributed by atoms with van der Waals surface area (Å²) in [6.07, 6.45) is 2.34. The van der Waals surface area contributed by atoms with Crippen molar-refractivity contribution >= 4 is 11.6 Å². The summed E-state index contributed by atoms with van der Waals surface area (Å²) in [5.41, 5.74) is 1.85. The van der Waals surface area contributed by atoms with Crippen LogP contribution < -0.4 is 10.1 Å². The van der Waals surface area contributed by atoms with E-state index in [1.54, 1.807) is 7.11 Å². The summed E-state index contributed by atoms with van der Waals surface area (Å²) in [6, 6.07) is 5.70. The van der Waals surface area contributed by atoms with E-state index in [9.17, 15) is 4.79 Å². The molecule has 0 radical (unpaired) electrons. The number of nitrogens with zero attached hydrogens (tertiary/aromatic N) is 1. The van der Waals surface area contributed by atoms with E-state index in [-0.39, 0.29) is 11.9 Å². The Balaban J connectivity index is 2.02. The van der Waals surface area contributed by atoms with E-state index in [1.807, 2.05) is 32.0 Å².